The minimum Gasteiger partial charge on any atom is -0.491 e. The van der Waals surface area contributed by atoms with E-state index in [1.807, 2.05) is 0 Å². The Hall–Kier alpha value is -1.78. The maximum atomic E-state index is 8.68. The zero-order valence-corrected chi connectivity index (χ0v) is 9.67. The van der Waals surface area contributed by atoms with E-state index in [9.17, 15) is 0 Å². The zero-order chi connectivity index (χ0) is 12.1. The van der Waals surface area contributed by atoms with Crippen LogP contribution in [0.15, 0.2) is 23.6 Å². The number of amidine groups is 1. The normalized spacial score (nSPS) is 17.3. The van der Waals surface area contributed by atoms with Gasteiger partial charge in [-0.2, -0.15) is 0 Å². The van der Waals surface area contributed by atoms with Gasteiger partial charge in [0.15, 0.2) is 5.84 Å². The lowest BCUT2D eigenvalue weighted by Gasteiger charge is -2.13. The molecule has 0 amide bonds. The maximum Gasteiger partial charge on any atom is 0.173 e. The fraction of sp³-hybridized carbons (Fsp3) is 0.500. The number of oxime groups is 1. The fourth-order valence-corrected chi connectivity index (χ4v) is 2.15. The van der Waals surface area contributed by atoms with Crippen molar-refractivity contribution < 1.29 is 9.94 Å². The average Bonchev–Trinajstić information content (AvgIpc) is 2.89. The molecule has 1 aliphatic carbocycles. The van der Waals surface area contributed by atoms with E-state index in [1.165, 1.54) is 25.7 Å². The first kappa shape index (κ1) is 11.7. The molecule has 1 saturated carbocycles. The van der Waals surface area contributed by atoms with Gasteiger partial charge in [-0.25, -0.2) is 0 Å². The van der Waals surface area contributed by atoms with Crippen LogP contribution in [0.4, 0.5) is 0 Å². The van der Waals surface area contributed by atoms with Crippen LogP contribution in [0.1, 0.15) is 31.2 Å². The Labute approximate surface area is 100 Å². The number of hydrogen-bond donors (Lipinski definition) is 2. The quantitative estimate of drug-likeness (QED) is 0.360. The number of hydrogen-bond acceptors (Lipinski definition) is 4. The first-order chi connectivity index (χ1) is 8.31. The molecule has 0 aromatic carbocycles. The fourth-order valence-electron chi connectivity index (χ4n) is 2.15. The molecule has 5 heteroatoms. The number of ether oxygens (including phenoxy) is 1. The van der Waals surface area contributed by atoms with Crippen LogP contribution in [0, 0.1) is 5.92 Å². The van der Waals surface area contributed by atoms with Crippen LogP contribution in [-0.2, 0) is 0 Å². The summed E-state index contributed by atoms with van der Waals surface area (Å²) in [6.45, 7) is 0.678. The summed E-state index contributed by atoms with van der Waals surface area (Å²) in [5, 5.41) is 11.7. The predicted molar refractivity (Wildman–Crippen MR) is 64.2 cm³/mol. The molecule has 0 spiro atoms. The first-order valence-corrected chi connectivity index (χ1v) is 5.86. The molecule has 1 aromatic rings. The van der Waals surface area contributed by atoms with E-state index >= 15 is 0 Å². The molecule has 0 aliphatic heterocycles. The molecule has 1 heterocycles. The molecular weight excluding hydrogens is 218 g/mol. The molecular formula is C12H17N3O2. The molecule has 3 N–H and O–H groups in total. The maximum absolute atomic E-state index is 8.68. The summed E-state index contributed by atoms with van der Waals surface area (Å²) in [7, 11) is 0. The van der Waals surface area contributed by atoms with E-state index < -0.39 is 0 Å². The van der Waals surface area contributed by atoms with Crippen molar-refractivity contribution in [2.45, 2.75) is 25.7 Å². The van der Waals surface area contributed by atoms with Crippen LogP contribution in [0.3, 0.4) is 0 Å². The molecule has 0 bridgehead atoms. The lowest BCUT2D eigenvalue weighted by molar-refractivity contribution is 0.250. The summed E-state index contributed by atoms with van der Waals surface area (Å²) in [6.07, 6.45) is 8.21. The third-order valence-corrected chi connectivity index (χ3v) is 3.12. The monoisotopic (exact) mass is 235 g/mol. The van der Waals surface area contributed by atoms with Crippen molar-refractivity contribution in [3.8, 4) is 5.75 Å². The van der Waals surface area contributed by atoms with Gasteiger partial charge in [-0.1, -0.05) is 18.0 Å². The Morgan fingerprint density at radius 1 is 1.53 bits per heavy atom. The molecule has 5 nitrogen and oxygen atoms in total. The van der Waals surface area contributed by atoms with E-state index in [-0.39, 0.29) is 5.84 Å². The average molecular weight is 235 g/mol. The summed E-state index contributed by atoms with van der Waals surface area (Å²) < 4.78 is 5.71. The molecule has 0 saturated heterocycles. The van der Waals surface area contributed by atoms with Gasteiger partial charge < -0.3 is 15.7 Å². The Balaban J connectivity index is 2.04. The van der Waals surface area contributed by atoms with Crippen LogP contribution >= 0.6 is 0 Å². The Morgan fingerprint density at radius 2 is 2.29 bits per heavy atom. The van der Waals surface area contributed by atoms with E-state index in [4.69, 9.17) is 15.7 Å². The van der Waals surface area contributed by atoms with Crippen molar-refractivity contribution >= 4 is 5.84 Å². The predicted octanol–water partition coefficient (Wildman–Crippen LogP) is 1.75. The lowest BCUT2D eigenvalue weighted by atomic mass is 10.1. The Kier molecular flexibility index (Phi) is 3.80. The molecule has 1 aromatic heterocycles. The highest BCUT2D eigenvalue weighted by Crippen LogP contribution is 2.26. The molecule has 1 aliphatic rings. The number of rotatable bonds is 4. The number of aromatic nitrogens is 1. The third kappa shape index (κ3) is 2.87. The van der Waals surface area contributed by atoms with Crippen molar-refractivity contribution in [1.29, 1.82) is 0 Å². The van der Waals surface area contributed by atoms with E-state index in [0.29, 0.717) is 23.8 Å². The molecule has 1 fully saturated rings. The second-order valence-electron chi connectivity index (χ2n) is 4.32. The third-order valence-electron chi connectivity index (χ3n) is 3.12. The molecule has 2 rings (SSSR count). The van der Waals surface area contributed by atoms with Crippen molar-refractivity contribution in [2.24, 2.45) is 16.8 Å². The van der Waals surface area contributed by atoms with Gasteiger partial charge in [-0.15, -0.1) is 0 Å². The summed E-state index contributed by atoms with van der Waals surface area (Å²) in [5.41, 5.74) is 6.15. The van der Waals surface area contributed by atoms with Gasteiger partial charge in [0.25, 0.3) is 0 Å². The molecule has 17 heavy (non-hydrogen) atoms. The molecule has 0 atom stereocenters. The molecule has 92 valence electrons. The second kappa shape index (κ2) is 5.52. The van der Waals surface area contributed by atoms with Gasteiger partial charge in [0.2, 0.25) is 0 Å². The first-order valence-electron chi connectivity index (χ1n) is 5.86. The molecule has 0 radical (unpaired) electrons. The zero-order valence-electron chi connectivity index (χ0n) is 9.67. The summed E-state index contributed by atoms with van der Waals surface area (Å²) in [5.74, 6) is 1.25. The second-order valence-corrected chi connectivity index (χ2v) is 4.32. The van der Waals surface area contributed by atoms with Crippen LogP contribution in [-0.4, -0.2) is 22.6 Å². The standard InChI is InChI=1S/C12H17N3O2/c13-12(15-16)10-5-6-14-7-11(10)17-8-9-3-1-2-4-9/h5-7,9,16H,1-4,8H2,(H2,13,15). The van der Waals surface area contributed by atoms with Gasteiger partial charge in [-0.05, 0) is 24.8 Å². The topological polar surface area (TPSA) is 80.7 Å². The van der Waals surface area contributed by atoms with Crippen LogP contribution in [0.5, 0.6) is 5.75 Å². The Bertz CT molecular complexity index is 400. The van der Waals surface area contributed by atoms with Gasteiger partial charge in [0, 0.05) is 6.20 Å². The van der Waals surface area contributed by atoms with Crippen molar-refractivity contribution in [2.75, 3.05) is 6.61 Å². The largest absolute Gasteiger partial charge is 0.491 e. The lowest BCUT2D eigenvalue weighted by Crippen LogP contribution is -2.16. The summed E-state index contributed by atoms with van der Waals surface area (Å²) in [6, 6.07) is 1.68. The van der Waals surface area contributed by atoms with Gasteiger partial charge in [0.05, 0.1) is 18.4 Å². The van der Waals surface area contributed by atoms with Crippen LogP contribution in [0.2, 0.25) is 0 Å². The minimum atomic E-state index is 0.0498. The smallest absolute Gasteiger partial charge is 0.173 e. The van der Waals surface area contributed by atoms with Gasteiger partial charge in [-0.3, -0.25) is 4.98 Å². The van der Waals surface area contributed by atoms with Crippen LogP contribution in [0.25, 0.3) is 0 Å². The van der Waals surface area contributed by atoms with Crippen molar-refractivity contribution in [3.05, 3.63) is 24.0 Å². The minimum absolute atomic E-state index is 0.0498. The van der Waals surface area contributed by atoms with Gasteiger partial charge in [0.1, 0.15) is 5.75 Å². The number of nitrogens with two attached hydrogens (primary N) is 1. The SMILES string of the molecule is N/C(=N/O)c1ccncc1OCC1CCCC1. The van der Waals surface area contributed by atoms with E-state index in [2.05, 4.69) is 10.1 Å². The highest BCUT2D eigenvalue weighted by atomic mass is 16.5. The number of pyridine rings is 1. The number of nitrogens with zero attached hydrogens (tertiary/aromatic N) is 2. The van der Waals surface area contributed by atoms with E-state index in [0.717, 1.165) is 0 Å². The van der Waals surface area contributed by atoms with Crippen LogP contribution < -0.4 is 10.5 Å². The van der Waals surface area contributed by atoms with Gasteiger partial charge >= 0.3 is 0 Å². The van der Waals surface area contributed by atoms with E-state index in [1.54, 1.807) is 18.5 Å². The Morgan fingerprint density at radius 3 is 3.00 bits per heavy atom. The summed E-state index contributed by atoms with van der Waals surface area (Å²) in [4.78, 5) is 3.99. The highest BCUT2D eigenvalue weighted by molar-refractivity contribution is 5.99. The van der Waals surface area contributed by atoms with Crippen molar-refractivity contribution in [3.63, 3.8) is 0 Å². The van der Waals surface area contributed by atoms with Crippen molar-refractivity contribution in [1.82, 2.24) is 4.98 Å². The molecule has 0 unspecified atom stereocenters. The summed E-state index contributed by atoms with van der Waals surface area (Å²) >= 11 is 0. The highest BCUT2D eigenvalue weighted by Gasteiger charge is 2.16.